The van der Waals surface area contributed by atoms with Crippen LogP contribution in [0.5, 0.6) is 0 Å². The van der Waals surface area contributed by atoms with Gasteiger partial charge >= 0.3 is 38.0 Å². The Kier molecular flexibility index (Phi) is 11.8. The topological polar surface area (TPSA) is 338 Å². The molecule has 0 saturated heterocycles. The first-order valence-corrected chi connectivity index (χ1v) is 16.7. The van der Waals surface area contributed by atoms with Gasteiger partial charge in [-0.3, -0.25) is 22.8 Å². The number of rotatable bonds is 15. The van der Waals surface area contributed by atoms with E-state index in [9.17, 15) is 71.8 Å². The van der Waals surface area contributed by atoms with E-state index in [0.29, 0.717) is 6.54 Å². The van der Waals surface area contributed by atoms with E-state index in [-0.39, 0.29) is 19.6 Å². The Balaban J connectivity index is 6.33. The summed E-state index contributed by atoms with van der Waals surface area (Å²) in [5, 5.41) is 5.03. The molecular weight excluding hydrogens is 545 g/mol. The summed E-state index contributed by atoms with van der Waals surface area (Å²) in [7, 11) is -31.3. The molecule has 0 aromatic carbocycles. The average molecular weight is 573 g/mol. The van der Waals surface area contributed by atoms with Crippen LogP contribution >= 0.6 is 38.0 Å². The molecule has 0 rings (SSSR count). The third kappa shape index (κ3) is 8.10. The number of hydrogen-bond acceptors (Lipinski definition) is 8. The highest BCUT2D eigenvalue weighted by Crippen LogP contribution is 2.87. The van der Waals surface area contributed by atoms with Crippen LogP contribution in [0.15, 0.2) is 0 Å². The molecule has 0 bridgehead atoms. The van der Waals surface area contributed by atoms with Crippen LogP contribution < -0.4 is 16.4 Å². The van der Waals surface area contributed by atoms with E-state index in [0.717, 1.165) is 0 Å². The highest BCUT2D eigenvalue weighted by atomic mass is 31.3. The summed E-state index contributed by atoms with van der Waals surface area (Å²) >= 11 is 0. The standard InChI is InChI=1S/C9H28N3O15P5/c10-3-4-11-5-6-12-8(29(16,17)18)2-1-7(28(13,14)15)9(30(19,20)21,31(22,23)24)32(25,26)27/h7-8,11-12H,1-6,10H2,(H2,13,14,15)(H2,16,17,18)(H2,19,20,21)(H2,22,23,24)(H2,25,26,27). The highest BCUT2D eigenvalue weighted by molar-refractivity contribution is 7.90. The van der Waals surface area contributed by atoms with Crippen molar-refractivity contribution in [2.75, 3.05) is 26.2 Å². The fraction of sp³-hybridized carbons (Fsp3) is 1.00. The molecule has 2 atom stereocenters. The molecule has 32 heavy (non-hydrogen) atoms. The number of hydrogen-bond donors (Lipinski definition) is 13. The van der Waals surface area contributed by atoms with E-state index in [2.05, 4.69) is 10.6 Å². The van der Waals surface area contributed by atoms with E-state index in [1.807, 2.05) is 0 Å². The second-order valence-electron chi connectivity index (χ2n) is 6.60. The number of nitrogens with two attached hydrogens (primary N) is 1. The third-order valence-corrected chi connectivity index (χ3v) is 15.8. The molecule has 0 aromatic rings. The third-order valence-electron chi connectivity index (χ3n) is 4.26. The fourth-order valence-electron chi connectivity index (χ4n) is 2.94. The maximum atomic E-state index is 11.9. The Morgan fingerprint density at radius 1 is 0.656 bits per heavy atom. The SMILES string of the molecule is NCCNCCNC(CCC(C(P(=O)(O)O)(P(=O)(O)O)P(=O)(O)O)P(=O)(O)O)P(=O)(O)O. The zero-order valence-electron chi connectivity index (χ0n) is 16.2. The summed E-state index contributed by atoms with van der Waals surface area (Å²) in [6.45, 7) is 0.517. The highest BCUT2D eigenvalue weighted by Gasteiger charge is 2.78. The first-order chi connectivity index (χ1) is 14.0. The largest absolute Gasteiger partial charge is 0.357 e. The van der Waals surface area contributed by atoms with Crippen LogP contribution in [0.2, 0.25) is 0 Å². The van der Waals surface area contributed by atoms with Gasteiger partial charge < -0.3 is 65.3 Å². The summed E-state index contributed by atoms with van der Waals surface area (Å²) < 4.78 is 54.6. The van der Waals surface area contributed by atoms with E-state index < -0.39 is 66.9 Å². The van der Waals surface area contributed by atoms with E-state index in [1.165, 1.54) is 0 Å². The average Bonchev–Trinajstić information content (AvgIpc) is 2.49. The van der Waals surface area contributed by atoms with Crippen LogP contribution in [0.3, 0.4) is 0 Å². The van der Waals surface area contributed by atoms with Crippen molar-refractivity contribution in [2.45, 2.75) is 28.9 Å². The van der Waals surface area contributed by atoms with Gasteiger partial charge in [-0.25, -0.2) is 0 Å². The number of nitrogens with one attached hydrogen (secondary N) is 2. The van der Waals surface area contributed by atoms with Gasteiger partial charge in [0.1, 0.15) is 11.4 Å². The van der Waals surface area contributed by atoms with Crippen molar-refractivity contribution in [3.63, 3.8) is 0 Å². The Morgan fingerprint density at radius 3 is 1.41 bits per heavy atom. The summed E-state index contributed by atoms with van der Waals surface area (Å²) in [5.74, 6) is -1.95. The lowest BCUT2D eigenvalue weighted by Crippen LogP contribution is -2.43. The van der Waals surface area contributed by atoms with Crippen molar-refractivity contribution in [3.8, 4) is 0 Å². The lowest BCUT2D eigenvalue weighted by molar-refractivity contribution is 0.276. The minimum absolute atomic E-state index is 0.104. The predicted molar refractivity (Wildman–Crippen MR) is 110 cm³/mol. The Labute approximate surface area is 181 Å². The minimum Gasteiger partial charge on any atom is -0.329 e. The van der Waals surface area contributed by atoms with Crippen molar-refractivity contribution < 1.29 is 71.8 Å². The first-order valence-electron chi connectivity index (χ1n) is 8.46. The summed E-state index contributed by atoms with van der Waals surface area (Å²) in [6, 6.07) is 0. The summed E-state index contributed by atoms with van der Waals surface area (Å²) in [4.78, 5) is 94.8. The Bertz CT molecular complexity index is 798. The molecule has 14 N–H and O–H groups in total. The van der Waals surface area contributed by atoms with Crippen molar-refractivity contribution in [2.24, 2.45) is 5.73 Å². The lowest BCUT2D eigenvalue weighted by atomic mass is 10.2. The molecule has 23 heteroatoms. The molecule has 0 heterocycles. The molecule has 0 fully saturated rings. The van der Waals surface area contributed by atoms with Crippen LogP contribution in [-0.2, 0) is 22.8 Å². The van der Waals surface area contributed by atoms with Crippen LogP contribution in [0, 0.1) is 0 Å². The molecule has 0 aliphatic rings. The van der Waals surface area contributed by atoms with E-state index in [1.54, 1.807) is 0 Å². The molecule has 0 aliphatic carbocycles. The van der Waals surface area contributed by atoms with Gasteiger partial charge in [0.25, 0.3) is 4.64 Å². The van der Waals surface area contributed by atoms with E-state index in [4.69, 9.17) is 5.73 Å². The summed E-state index contributed by atoms with van der Waals surface area (Å²) in [6.07, 6.45) is -2.58. The molecule has 18 nitrogen and oxygen atoms in total. The van der Waals surface area contributed by atoms with Crippen LogP contribution in [0.1, 0.15) is 12.8 Å². The Morgan fingerprint density at radius 2 is 1.09 bits per heavy atom. The maximum Gasteiger partial charge on any atom is 0.357 e. The van der Waals surface area contributed by atoms with Gasteiger partial charge in [0.15, 0.2) is 0 Å². The van der Waals surface area contributed by atoms with Crippen LogP contribution in [0.4, 0.5) is 0 Å². The van der Waals surface area contributed by atoms with Crippen molar-refractivity contribution >= 4 is 38.0 Å². The first kappa shape index (κ1) is 32.6. The molecular formula is C9H28N3O15P5. The zero-order chi connectivity index (χ0) is 25.8. The van der Waals surface area contributed by atoms with Gasteiger partial charge in [0.05, 0.1) is 0 Å². The normalized spacial score (nSPS) is 16.7. The second-order valence-corrected chi connectivity index (χ2v) is 16.6. The van der Waals surface area contributed by atoms with Gasteiger partial charge in [-0.2, -0.15) is 0 Å². The molecule has 2 unspecified atom stereocenters. The molecule has 194 valence electrons. The van der Waals surface area contributed by atoms with Gasteiger partial charge in [-0.05, 0) is 12.8 Å². The fourth-order valence-corrected chi connectivity index (χ4v) is 13.1. The van der Waals surface area contributed by atoms with E-state index >= 15 is 0 Å². The predicted octanol–water partition coefficient (Wildman–Crippen LogP) is -2.86. The quantitative estimate of drug-likeness (QED) is 0.0692. The second kappa shape index (κ2) is 11.6. The van der Waals surface area contributed by atoms with Crippen molar-refractivity contribution in [1.29, 1.82) is 0 Å². The maximum absolute atomic E-state index is 11.9. The van der Waals surface area contributed by atoms with Crippen molar-refractivity contribution in [3.05, 3.63) is 0 Å². The molecule has 0 saturated carbocycles. The molecule has 0 aliphatic heterocycles. The Hall–Kier alpha value is 0.630. The molecule has 0 amide bonds. The van der Waals surface area contributed by atoms with Crippen molar-refractivity contribution in [1.82, 2.24) is 10.6 Å². The van der Waals surface area contributed by atoms with Gasteiger partial charge in [0, 0.05) is 26.2 Å². The van der Waals surface area contributed by atoms with Gasteiger partial charge in [-0.1, -0.05) is 0 Å². The zero-order valence-corrected chi connectivity index (χ0v) is 20.7. The summed E-state index contributed by atoms with van der Waals surface area (Å²) in [5.41, 5.74) is 1.86. The van der Waals surface area contributed by atoms with Gasteiger partial charge in [-0.15, -0.1) is 0 Å². The minimum atomic E-state index is -6.69. The smallest absolute Gasteiger partial charge is 0.329 e. The molecule has 0 aromatic heterocycles. The van der Waals surface area contributed by atoms with Crippen LogP contribution in [0.25, 0.3) is 0 Å². The van der Waals surface area contributed by atoms with Gasteiger partial charge in [0.2, 0.25) is 0 Å². The molecule has 0 spiro atoms. The molecule has 0 radical (unpaired) electrons. The lowest BCUT2D eigenvalue weighted by Gasteiger charge is -2.40. The van der Waals surface area contributed by atoms with Crippen LogP contribution in [-0.4, -0.2) is 91.2 Å². The monoisotopic (exact) mass is 573 g/mol.